The molecule has 4 aromatic rings. The Labute approximate surface area is 387 Å². The molecular formula is C50H63N9O7. The number of amides is 4. The summed E-state index contributed by atoms with van der Waals surface area (Å²) in [5.41, 5.74) is 8.61. The van der Waals surface area contributed by atoms with Gasteiger partial charge in [0.1, 0.15) is 30.2 Å². The topological polar surface area (TPSA) is 183 Å². The van der Waals surface area contributed by atoms with Gasteiger partial charge in [-0.1, -0.05) is 45.7 Å². The Morgan fingerprint density at radius 1 is 1.02 bits per heavy atom. The Hall–Kier alpha value is -6.31. The van der Waals surface area contributed by atoms with Crippen molar-refractivity contribution in [2.45, 2.75) is 91.4 Å². The van der Waals surface area contributed by atoms with Crippen LogP contribution in [0.2, 0.25) is 0 Å². The van der Waals surface area contributed by atoms with Crippen LogP contribution in [-0.4, -0.2) is 141 Å². The minimum atomic E-state index is -1.17. The van der Waals surface area contributed by atoms with Crippen molar-refractivity contribution < 1.29 is 33.8 Å². The van der Waals surface area contributed by atoms with Gasteiger partial charge in [0.2, 0.25) is 11.8 Å². The van der Waals surface area contributed by atoms with Crippen LogP contribution >= 0.6 is 0 Å². The zero-order valence-electron chi connectivity index (χ0n) is 39.4. The number of likely N-dealkylation sites (N-methyl/N-ethyl adjacent to an activating group) is 1. The van der Waals surface area contributed by atoms with Crippen molar-refractivity contribution in [2.75, 3.05) is 53.9 Å². The Bertz CT molecular complexity index is 2540. The molecule has 66 heavy (non-hydrogen) atoms. The number of esters is 1. The lowest BCUT2D eigenvalue weighted by Crippen LogP contribution is -2.62. The number of benzene rings is 2. The highest BCUT2D eigenvalue weighted by Gasteiger charge is 2.40. The van der Waals surface area contributed by atoms with Gasteiger partial charge in [-0.25, -0.2) is 15.4 Å². The Morgan fingerprint density at radius 3 is 2.48 bits per heavy atom. The molecule has 4 amide bonds. The van der Waals surface area contributed by atoms with Gasteiger partial charge in [0, 0.05) is 73.9 Å². The number of carbonyl (C=O) groups excluding carboxylic acids is 5. The van der Waals surface area contributed by atoms with Gasteiger partial charge in [-0.2, -0.15) is 0 Å². The molecule has 1 unspecified atom stereocenters. The minimum Gasteiger partial charge on any atom is -0.508 e. The average Bonchev–Trinajstić information content (AvgIpc) is 3.90. The summed E-state index contributed by atoms with van der Waals surface area (Å²) in [6.45, 7) is 11.9. The number of ether oxygens (including phenoxy) is 1. The number of aromatic hydroxyl groups is 1. The van der Waals surface area contributed by atoms with Crippen molar-refractivity contribution in [3.05, 3.63) is 66.2 Å². The van der Waals surface area contributed by atoms with E-state index in [1.54, 1.807) is 36.5 Å². The summed E-state index contributed by atoms with van der Waals surface area (Å²) in [7, 11) is 5.31. The van der Waals surface area contributed by atoms with Gasteiger partial charge in [-0.15, -0.1) is 0 Å². The third kappa shape index (κ3) is 10.5. The fraction of sp³-hybridized carbons (Fsp3) is 0.500. The Morgan fingerprint density at radius 2 is 1.77 bits per heavy atom. The number of phenols is 1. The van der Waals surface area contributed by atoms with Crippen LogP contribution < -0.4 is 10.7 Å². The summed E-state index contributed by atoms with van der Waals surface area (Å²) in [5.74, 6) is 2.50. The summed E-state index contributed by atoms with van der Waals surface area (Å²) >= 11 is 0. The number of aromatic nitrogens is 3. The first kappa shape index (κ1) is 47.6. The molecule has 2 saturated heterocycles. The molecule has 16 heteroatoms. The number of likely N-dealkylation sites (tertiary alicyclic amines) is 1. The SMILES string of the molecule is CCn1c(-c2cncnc2)c2c3cc(ccc31)-c1cc(O)cc(c1)C[C@H](NC(=O)C(C(C)C)N(C)C(=O)[C@H]1CCN(C(=O)C#CCN(C)C)C1)C(=O)N1CCC[C@H](N1)C(=O)OCC(C)(C)C2. The number of phenolic OH excluding ortho intramolecular Hbond substituents is 1. The summed E-state index contributed by atoms with van der Waals surface area (Å²) in [6.07, 6.45) is 7.03. The van der Waals surface area contributed by atoms with E-state index in [2.05, 4.69) is 70.0 Å². The highest BCUT2D eigenvalue weighted by atomic mass is 16.5. The van der Waals surface area contributed by atoms with Crippen LogP contribution in [0.3, 0.4) is 0 Å². The molecule has 3 N–H and O–H groups in total. The van der Waals surface area contributed by atoms with Gasteiger partial charge in [-0.3, -0.25) is 33.9 Å². The van der Waals surface area contributed by atoms with Crippen molar-refractivity contribution >= 4 is 40.5 Å². The van der Waals surface area contributed by atoms with E-state index in [4.69, 9.17) is 4.74 Å². The quantitative estimate of drug-likeness (QED) is 0.172. The Balaban J connectivity index is 1.23. The Kier molecular flexibility index (Phi) is 14.5. The van der Waals surface area contributed by atoms with Crippen molar-refractivity contribution in [1.29, 1.82) is 0 Å². The smallest absolute Gasteiger partial charge is 0.324 e. The summed E-state index contributed by atoms with van der Waals surface area (Å²) in [6, 6.07) is 8.42. The normalized spacial score (nSPS) is 20.4. The van der Waals surface area contributed by atoms with Crippen LogP contribution in [0.5, 0.6) is 5.75 Å². The molecule has 6 bridgehead atoms. The number of cyclic esters (lactones) is 1. The third-order valence-electron chi connectivity index (χ3n) is 12.8. The number of rotatable bonds is 8. The molecule has 350 valence electrons. The molecule has 3 aliphatic rings. The molecule has 16 nitrogen and oxygen atoms in total. The maximum atomic E-state index is 14.7. The van der Waals surface area contributed by atoms with E-state index in [-0.39, 0.29) is 49.6 Å². The van der Waals surface area contributed by atoms with Crippen LogP contribution in [0.1, 0.15) is 65.0 Å². The molecule has 0 radical (unpaired) electrons. The molecule has 0 aliphatic carbocycles. The van der Waals surface area contributed by atoms with Gasteiger partial charge in [0.25, 0.3) is 11.8 Å². The highest BCUT2D eigenvalue weighted by molar-refractivity contribution is 5.97. The van der Waals surface area contributed by atoms with E-state index in [0.29, 0.717) is 56.4 Å². The lowest BCUT2D eigenvalue weighted by molar-refractivity contribution is -0.155. The molecule has 2 aromatic heterocycles. The number of hydrogen-bond acceptors (Lipinski definition) is 11. The van der Waals surface area contributed by atoms with E-state index in [1.165, 1.54) is 16.2 Å². The van der Waals surface area contributed by atoms with Crippen molar-refractivity contribution in [3.8, 4) is 40.0 Å². The summed E-state index contributed by atoms with van der Waals surface area (Å²) in [4.78, 5) is 83.5. The molecule has 5 heterocycles. The van der Waals surface area contributed by atoms with E-state index < -0.39 is 47.2 Å². The predicted octanol–water partition coefficient (Wildman–Crippen LogP) is 4.04. The number of carbonyl (C=O) groups is 5. The van der Waals surface area contributed by atoms with E-state index in [0.717, 1.165) is 33.3 Å². The molecule has 7 rings (SSSR count). The number of nitrogens with zero attached hydrogens (tertiary/aromatic N) is 7. The van der Waals surface area contributed by atoms with E-state index >= 15 is 0 Å². The number of hydrazine groups is 1. The second-order valence-corrected chi connectivity index (χ2v) is 19.3. The maximum Gasteiger partial charge on any atom is 0.324 e. The van der Waals surface area contributed by atoms with Crippen molar-refractivity contribution in [1.82, 2.24) is 45.0 Å². The van der Waals surface area contributed by atoms with E-state index in [9.17, 15) is 29.1 Å². The monoisotopic (exact) mass is 901 g/mol. The second kappa shape index (κ2) is 20.1. The number of nitrogens with one attached hydrogen (secondary N) is 2. The molecule has 2 fully saturated rings. The first-order valence-corrected chi connectivity index (χ1v) is 22.9. The van der Waals surface area contributed by atoms with Gasteiger partial charge in [0.15, 0.2) is 0 Å². The van der Waals surface area contributed by atoms with Crippen LogP contribution in [0.25, 0.3) is 33.3 Å². The zero-order chi connectivity index (χ0) is 47.4. The molecule has 0 saturated carbocycles. The first-order chi connectivity index (χ1) is 31.4. The van der Waals surface area contributed by atoms with Crippen LogP contribution in [0.4, 0.5) is 0 Å². The van der Waals surface area contributed by atoms with Gasteiger partial charge >= 0.3 is 5.97 Å². The van der Waals surface area contributed by atoms with Gasteiger partial charge in [0.05, 0.1) is 24.8 Å². The number of hydrogen-bond donors (Lipinski definition) is 3. The van der Waals surface area contributed by atoms with Crippen molar-refractivity contribution in [3.63, 3.8) is 0 Å². The average molecular weight is 902 g/mol. The third-order valence-corrected chi connectivity index (χ3v) is 12.8. The van der Waals surface area contributed by atoms with Gasteiger partial charge < -0.3 is 29.5 Å². The van der Waals surface area contributed by atoms with Crippen LogP contribution in [0.15, 0.2) is 55.1 Å². The molecule has 0 spiro atoms. The standard InChI is InChI=1S/C50H63N9O7/c1-9-58-42-15-14-33-24-38(42)39(45(58)36-26-51-30-52-27-36)25-50(4,5)29-66-49(65)40-12-10-18-59(54-40)48(64)41(22-32-20-35(33)23-37(60)21-32)53-46(62)44(31(2)3)56(8)47(63)34-16-19-57(28-34)43(61)13-11-17-55(6)7/h14-15,20-21,23-24,26-27,30-31,34,40-41,44,54,60H,9-10,12,16-19,22,25,28-29H2,1-8H3,(H,53,62)/t34-,40-,41-,44?/m0/s1. The fourth-order valence-electron chi connectivity index (χ4n) is 9.56. The summed E-state index contributed by atoms with van der Waals surface area (Å²) < 4.78 is 8.29. The molecule has 3 aliphatic heterocycles. The largest absolute Gasteiger partial charge is 0.508 e. The predicted molar refractivity (Wildman–Crippen MR) is 250 cm³/mol. The zero-order valence-corrected chi connectivity index (χ0v) is 39.4. The second-order valence-electron chi connectivity index (χ2n) is 19.3. The van der Waals surface area contributed by atoms with Gasteiger partial charge in [-0.05, 0) is 105 Å². The molecule has 4 atom stereocenters. The molecule has 2 aromatic carbocycles. The highest BCUT2D eigenvalue weighted by Crippen LogP contribution is 2.40. The lowest BCUT2D eigenvalue weighted by Gasteiger charge is -2.37. The molecular weight excluding hydrogens is 839 g/mol. The van der Waals surface area contributed by atoms with Crippen molar-refractivity contribution in [2.24, 2.45) is 17.3 Å². The first-order valence-electron chi connectivity index (χ1n) is 22.9. The van der Waals surface area contributed by atoms with Crippen LogP contribution in [-0.2, 0) is 48.1 Å². The number of fused-ring (bicyclic) bond motifs is 6. The van der Waals surface area contributed by atoms with E-state index in [1.807, 2.05) is 45.0 Å². The lowest BCUT2D eigenvalue weighted by atomic mass is 9.84. The van der Waals surface area contributed by atoms with Crippen LogP contribution in [0, 0.1) is 29.1 Å². The number of aryl methyl sites for hydroxylation is 1. The maximum absolute atomic E-state index is 14.7. The minimum absolute atomic E-state index is 0.0116. The summed E-state index contributed by atoms with van der Waals surface area (Å²) in [5, 5.41) is 16.6. The fourth-order valence-corrected chi connectivity index (χ4v) is 9.56.